The highest BCUT2D eigenvalue weighted by molar-refractivity contribution is 5.33. The Kier molecular flexibility index (Phi) is 2.20. The van der Waals surface area contributed by atoms with E-state index in [4.69, 9.17) is 5.73 Å². The zero-order chi connectivity index (χ0) is 11.2. The molecule has 1 heterocycles. The topological polar surface area (TPSA) is 59.1 Å². The van der Waals surface area contributed by atoms with Crippen LogP contribution < -0.4 is 5.73 Å². The molecule has 3 N–H and O–H groups in total. The van der Waals surface area contributed by atoms with E-state index in [-0.39, 0.29) is 12.1 Å². The van der Waals surface area contributed by atoms with Crippen molar-refractivity contribution in [3.63, 3.8) is 0 Å². The van der Waals surface area contributed by atoms with E-state index in [1.807, 2.05) is 0 Å². The minimum Gasteiger partial charge on any atom is -0.391 e. The Balaban J connectivity index is 2.42. The van der Waals surface area contributed by atoms with E-state index >= 15 is 0 Å². The van der Waals surface area contributed by atoms with Gasteiger partial charge in [-0.2, -0.15) is 13.2 Å². The largest absolute Gasteiger partial charge is 0.433 e. The van der Waals surface area contributed by atoms with Crippen molar-refractivity contribution in [2.24, 2.45) is 5.73 Å². The Morgan fingerprint density at radius 2 is 2.07 bits per heavy atom. The molecule has 3 nitrogen and oxygen atoms in total. The molecule has 0 saturated heterocycles. The standard InChI is InChI=1S/C9H9F3N2O/c10-9(11,12)7-2-1-4-5(14-7)3-6(15)8(4)13/h1-2,6,8,15H,3,13H2/t6-,8+/m1/s1. The van der Waals surface area contributed by atoms with Gasteiger partial charge in [0, 0.05) is 12.1 Å². The smallest absolute Gasteiger partial charge is 0.391 e. The minimum atomic E-state index is -4.45. The summed E-state index contributed by atoms with van der Waals surface area (Å²) < 4.78 is 36.9. The van der Waals surface area contributed by atoms with Gasteiger partial charge in [0.15, 0.2) is 0 Å². The van der Waals surface area contributed by atoms with Crippen LogP contribution in [0.25, 0.3) is 0 Å². The number of hydrogen-bond donors (Lipinski definition) is 2. The van der Waals surface area contributed by atoms with Crippen molar-refractivity contribution < 1.29 is 18.3 Å². The molecule has 82 valence electrons. The summed E-state index contributed by atoms with van der Waals surface area (Å²) in [5.41, 5.74) is 5.37. The zero-order valence-corrected chi connectivity index (χ0v) is 7.62. The first-order chi connectivity index (χ1) is 6.89. The lowest BCUT2D eigenvalue weighted by Gasteiger charge is -2.09. The highest BCUT2D eigenvalue weighted by Crippen LogP contribution is 2.33. The van der Waals surface area contributed by atoms with Crippen LogP contribution in [0.3, 0.4) is 0 Å². The second-order valence-electron chi connectivity index (χ2n) is 3.53. The maximum atomic E-state index is 12.3. The SMILES string of the molecule is N[C@H]1c2ccc(C(F)(F)F)nc2C[C@H]1O. The molecule has 0 aromatic carbocycles. The molecular weight excluding hydrogens is 209 g/mol. The monoisotopic (exact) mass is 218 g/mol. The number of hydrogen-bond acceptors (Lipinski definition) is 3. The van der Waals surface area contributed by atoms with E-state index < -0.39 is 24.0 Å². The van der Waals surface area contributed by atoms with Crippen molar-refractivity contribution >= 4 is 0 Å². The quantitative estimate of drug-likeness (QED) is 0.683. The number of fused-ring (bicyclic) bond motifs is 1. The summed E-state index contributed by atoms with van der Waals surface area (Å²) in [6, 6.07) is 1.54. The van der Waals surface area contributed by atoms with Crippen LogP contribution in [0, 0.1) is 0 Å². The number of nitrogens with zero attached hydrogens (tertiary/aromatic N) is 1. The van der Waals surface area contributed by atoms with Crippen LogP contribution in [-0.2, 0) is 12.6 Å². The van der Waals surface area contributed by atoms with Crippen LogP contribution in [0.2, 0.25) is 0 Å². The first-order valence-corrected chi connectivity index (χ1v) is 4.40. The van der Waals surface area contributed by atoms with E-state index in [1.165, 1.54) is 6.07 Å². The molecule has 0 radical (unpaired) electrons. The zero-order valence-electron chi connectivity index (χ0n) is 7.62. The number of aromatic nitrogens is 1. The van der Waals surface area contributed by atoms with Crippen LogP contribution in [-0.4, -0.2) is 16.2 Å². The number of halogens is 3. The first kappa shape index (κ1) is 10.4. The molecule has 1 aliphatic rings. The van der Waals surface area contributed by atoms with Gasteiger partial charge in [0.25, 0.3) is 0 Å². The summed E-state index contributed by atoms with van der Waals surface area (Å²) >= 11 is 0. The third-order valence-corrected chi connectivity index (χ3v) is 2.48. The number of aliphatic hydroxyl groups excluding tert-OH is 1. The molecule has 2 rings (SSSR count). The summed E-state index contributed by atoms with van der Waals surface area (Å²) in [6.45, 7) is 0. The molecule has 0 bridgehead atoms. The molecule has 0 fully saturated rings. The minimum absolute atomic E-state index is 0.0837. The van der Waals surface area contributed by atoms with Crippen LogP contribution in [0.1, 0.15) is 23.0 Å². The predicted molar refractivity (Wildman–Crippen MR) is 45.9 cm³/mol. The molecule has 0 amide bonds. The maximum absolute atomic E-state index is 12.3. The van der Waals surface area contributed by atoms with Crippen LogP contribution >= 0.6 is 0 Å². The highest BCUT2D eigenvalue weighted by atomic mass is 19.4. The lowest BCUT2D eigenvalue weighted by Crippen LogP contribution is -2.21. The van der Waals surface area contributed by atoms with Gasteiger partial charge in [-0.1, -0.05) is 6.07 Å². The molecular formula is C9H9F3N2O. The maximum Gasteiger partial charge on any atom is 0.433 e. The predicted octanol–water partition coefficient (Wildman–Crippen LogP) is 1.02. The number of rotatable bonds is 0. The fraction of sp³-hybridized carbons (Fsp3) is 0.444. The average Bonchev–Trinajstić information content (AvgIpc) is 2.41. The summed E-state index contributed by atoms with van der Waals surface area (Å²) in [5, 5.41) is 9.37. The van der Waals surface area contributed by atoms with Crippen molar-refractivity contribution in [2.45, 2.75) is 24.7 Å². The molecule has 6 heteroatoms. The normalized spacial score (nSPS) is 25.4. The number of pyridine rings is 1. The van der Waals surface area contributed by atoms with Crippen molar-refractivity contribution in [3.8, 4) is 0 Å². The molecule has 2 atom stereocenters. The lowest BCUT2D eigenvalue weighted by molar-refractivity contribution is -0.141. The number of aliphatic hydroxyl groups is 1. The van der Waals surface area contributed by atoms with E-state index in [0.717, 1.165) is 6.07 Å². The third-order valence-electron chi connectivity index (χ3n) is 2.48. The van der Waals surface area contributed by atoms with Crippen molar-refractivity contribution in [1.29, 1.82) is 0 Å². The lowest BCUT2D eigenvalue weighted by atomic mass is 10.1. The van der Waals surface area contributed by atoms with Gasteiger partial charge in [-0.05, 0) is 11.6 Å². The fourth-order valence-corrected chi connectivity index (χ4v) is 1.67. The van der Waals surface area contributed by atoms with Gasteiger partial charge in [-0.25, -0.2) is 4.98 Å². The Hall–Kier alpha value is -1.14. The van der Waals surface area contributed by atoms with Gasteiger partial charge >= 0.3 is 6.18 Å². The molecule has 0 aliphatic heterocycles. The second kappa shape index (κ2) is 3.18. The molecule has 1 aromatic heterocycles. The molecule has 0 unspecified atom stereocenters. The van der Waals surface area contributed by atoms with Crippen molar-refractivity contribution in [2.75, 3.05) is 0 Å². The van der Waals surface area contributed by atoms with Crippen LogP contribution in [0.5, 0.6) is 0 Å². The van der Waals surface area contributed by atoms with Gasteiger partial charge in [0.05, 0.1) is 12.1 Å². The Bertz CT molecular complexity index is 391. The third kappa shape index (κ3) is 1.70. The number of nitrogens with two attached hydrogens (primary N) is 1. The van der Waals surface area contributed by atoms with Gasteiger partial charge in [0.1, 0.15) is 5.69 Å². The first-order valence-electron chi connectivity index (χ1n) is 4.40. The van der Waals surface area contributed by atoms with Gasteiger partial charge in [-0.15, -0.1) is 0 Å². The number of alkyl halides is 3. The second-order valence-corrected chi connectivity index (χ2v) is 3.53. The summed E-state index contributed by atoms with van der Waals surface area (Å²) in [4.78, 5) is 3.46. The molecule has 1 aliphatic carbocycles. The van der Waals surface area contributed by atoms with Crippen LogP contribution in [0.4, 0.5) is 13.2 Å². The Labute approximate surface area is 83.7 Å². The average molecular weight is 218 g/mol. The van der Waals surface area contributed by atoms with Crippen molar-refractivity contribution in [3.05, 3.63) is 29.1 Å². The Morgan fingerprint density at radius 3 is 2.67 bits per heavy atom. The summed E-state index contributed by atoms with van der Waals surface area (Å²) in [5.74, 6) is 0. The van der Waals surface area contributed by atoms with Crippen molar-refractivity contribution in [1.82, 2.24) is 4.98 Å². The van der Waals surface area contributed by atoms with Gasteiger partial charge < -0.3 is 10.8 Å². The summed E-state index contributed by atoms with van der Waals surface area (Å²) in [6.07, 6.45) is -5.21. The molecule has 1 aromatic rings. The van der Waals surface area contributed by atoms with Gasteiger partial charge in [0.2, 0.25) is 0 Å². The fourth-order valence-electron chi connectivity index (χ4n) is 1.67. The van der Waals surface area contributed by atoms with E-state index in [9.17, 15) is 18.3 Å². The molecule has 0 saturated carbocycles. The summed E-state index contributed by atoms with van der Waals surface area (Å²) in [7, 11) is 0. The molecule has 15 heavy (non-hydrogen) atoms. The van der Waals surface area contributed by atoms with E-state index in [2.05, 4.69) is 4.98 Å². The Morgan fingerprint density at radius 1 is 1.40 bits per heavy atom. The van der Waals surface area contributed by atoms with Gasteiger partial charge in [-0.3, -0.25) is 0 Å². The molecule has 0 spiro atoms. The van der Waals surface area contributed by atoms with E-state index in [0.29, 0.717) is 5.56 Å². The highest BCUT2D eigenvalue weighted by Gasteiger charge is 2.36. The van der Waals surface area contributed by atoms with Crippen LogP contribution in [0.15, 0.2) is 12.1 Å². The van der Waals surface area contributed by atoms with E-state index in [1.54, 1.807) is 0 Å².